The molecular formula is C10H10BrN3O4. The lowest BCUT2D eigenvalue weighted by molar-refractivity contribution is -0.139. The summed E-state index contributed by atoms with van der Waals surface area (Å²) in [5.74, 6) is -0.758. The number of amides is 2. The predicted molar refractivity (Wildman–Crippen MR) is 67.6 cm³/mol. The maximum absolute atomic E-state index is 10.4. The van der Waals surface area contributed by atoms with E-state index < -0.39 is 18.6 Å². The summed E-state index contributed by atoms with van der Waals surface area (Å²) in [5, 5.41) is 12.1. The third-order valence-electron chi connectivity index (χ3n) is 1.70. The Kier molecular flexibility index (Phi) is 5.12. The van der Waals surface area contributed by atoms with Crippen LogP contribution in [-0.4, -0.2) is 29.9 Å². The molecule has 18 heavy (non-hydrogen) atoms. The number of urea groups is 1. The van der Waals surface area contributed by atoms with Gasteiger partial charge in [-0.05, 0) is 18.2 Å². The average molecular weight is 316 g/mol. The van der Waals surface area contributed by atoms with Gasteiger partial charge in [0.1, 0.15) is 5.75 Å². The number of primary amides is 1. The zero-order chi connectivity index (χ0) is 13.5. The van der Waals surface area contributed by atoms with Gasteiger partial charge in [0.25, 0.3) is 0 Å². The Hall–Kier alpha value is -2.09. The van der Waals surface area contributed by atoms with Crippen LogP contribution in [0, 0.1) is 0 Å². The highest BCUT2D eigenvalue weighted by molar-refractivity contribution is 9.10. The molecule has 2 amide bonds. The molecule has 0 aliphatic rings. The van der Waals surface area contributed by atoms with Crippen LogP contribution < -0.4 is 15.9 Å². The second kappa shape index (κ2) is 6.60. The number of halogens is 1. The van der Waals surface area contributed by atoms with Crippen LogP contribution in [0.25, 0.3) is 0 Å². The molecule has 1 rings (SSSR count). The van der Waals surface area contributed by atoms with Gasteiger partial charge in [-0.2, -0.15) is 5.10 Å². The number of nitrogens with one attached hydrogen (secondary N) is 1. The smallest absolute Gasteiger partial charge is 0.341 e. The van der Waals surface area contributed by atoms with E-state index in [1.54, 1.807) is 18.2 Å². The predicted octanol–water partition coefficient (Wildman–Crippen LogP) is 0.915. The van der Waals surface area contributed by atoms with Gasteiger partial charge in [-0.15, -0.1) is 0 Å². The van der Waals surface area contributed by atoms with Gasteiger partial charge >= 0.3 is 12.0 Å². The van der Waals surface area contributed by atoms with Crippen molar-refractivity contribution < 1.29 is 19.4 Å². The number of aliphatic carboxylic acids is 1. The molecule has 0 saturated carbocycles. The number of rotatable bonds is 5. The normalized spacial score (nSPS) is 10.3. The summed E-state index contributed by atoms with van der Waals surface area (Å²) in [6.07, 6.45) is 1.30. The van der Waals surface area contributed by atoms with E-state index in [1.165, 1.54) is 6.21 Å². The van der Waals surface area contributed by atoms with Gasteiger partial charge in [0.2, 0.25) is 0 Å². The van der Waals surface area contributed by atoms with E-state index in [2.05, 4.69) is 21.0 Å². The first kappa shape index (κ1) is 14.0. The monoisotopic (exact) mass is 315 g/mol. The van der Waals surface area contributed by atoms with E-state index in [0.717, 1.165) is 4.47 Å². The number of hydrazone groups is 1. The zero-order valence-electron chi connectivity index (χ0n) is 9.09. The topological polar surface area (TPSA) is 114 Å². The highest BCUT2D eigenvalue weighted by Crippen LogP contribution is 2.21. The Bertz CT molecular complexity index is 490. The summed E-state index contributed by atoms with van der Waals surface area (Å²) < 4.78 is 5.81. The first-order chi connectivity index (χ1) is 8.49. The number of hydrogen-bond donors (Lipinski definition) is 3. The molecule has 1 aromatic carbocycles. The van der Waals surface area contributed by atoms with Gasteiger partial charge in [-0.1, -0.05) is 15.9 Å². The molecule has 4 N–H and O–H groups in total. The fraction of sp³-hybridized carbons (Fsp3) is 0.100. The largest absolute Gasteiger partial charge is 0.481 e. The molecule has 0 fully saturated rings. The van der Waals surface area contributed by atoms with Crippen molar-refractivity contribution in [1.82, 2.24) is 5.43 Å². The van der Waals surface area contributed by atoms with Crippen LogP contribution >= 0.6 is 15.9 Å². The molecule has 0 saturated heterocycles. The van der Waals surface area contributed by atoms with Gasteiger partial charge in [0.05, 0.1) is 6.21 Å². The summed E-state index contributed by atoms with van der Waals surface area (Å²) in [7, 11) is 0. The van der Waals surface area contributed by atoms with Crippen LogP contribution in [0.4, 0.5) is 4.79 Å². The average Bonchev–Trinajstić information content (AvgIpc) is 2.27. The van der Waals surface area contributed by atoms with E-state index >= 15 is 0 Å². The molecule has 0 atom stereocenters. The summed E-state index contributed by atoms with van der Waals surface area (Å²) in [5.41, 5.74) is 7.37. The lowest BCUT2D eigenvalue weighted by Crippen LogP contribution is -2.24. The summed E-state index contributed by atoms with van der Waals surface area (Å²) >= 11 is 3.25. The van der Waals surface area contributed by atoms with Crippen molar-refractivity contribution in [2.75, 3.05) is 6.61 Å². The fourth-order valence-corrected chi connectivity index (χ4v) is 1.44. The van der Waals surface area contributed by atoms with Crippen molar-refractivity contribution in [3.63, 3.8) is 0 Å². The third-order valence-corrected chi connectivity index (χ3v) is 2.19. The quantitative estimate of drug-likeness (QED) is 0.553. The number of carboxylic acids is 1. The van der Waals surface area contributed by atoms with E-state index in [-0.39, 0.29) is 0 Å². The molecule has 96 valence electrons. The van der Waals surface area contributed by atoms with Gasteiger partial charge < -0.3 is 15.6 Å². The SMILES string of the molecule is NC(=O)N/N=C/c1cc(Br)ccc1OCC(=O)O. The van der Waals surface area contributed by atoms with Crippen molar-refractivity contribution in [2.24, 2.45) is 10.8 Å². The first-order valence-electron chi connectivity index (χ1n) is 4.71. The van der Waals surface area contributed by atoms with Gasteiger partial charge in [-0.25, -0.2) is 15.0 Å². The summed E-state index contributed by atoms with van der Waals surface area (Å²) in [6, 6.07) is 4.13. The van der Waals surface area contributed by atoms with Crippen LogP contribution in [0.3, 0.4) is 0 Å². The Labute approximate surface area is 111 Å². The van der Waals surface area contributed by atoms with Crippen molar-refractivity contribution in [3.8, 4) is 5.75 Å². The van der Waals surface area contributed by atoms with E-state index in [0.29, 0.717) is 11.3 Å². The maximum atomic E-state index is 10.4. The van der Waals surface area contributed by atoms with Crippen molar-refractivity contribution in [2.45, 2.75) is 0 Å². The lowest BCUT2D eigenvalue weighted by Gasteiger charge is -2.07. The second-order valence-corrected chi connectivity index (χ2v) is 4.01. The molecular weight excluding hydrogens is 306 g/mol. The van der Waals surface area contributed by atoms with E-state index in [4.69, 9.17) is 15.6 Å². The van der Waals surface area contributed by atoms with E-state index in [1.807, 2.05) is 5.43 Å². The number of nitrogens with zero attached hydrogens (tertiary/aromatic N) is 1. The molecule has 0 spiro atoms. The minimum atomic E-state index is -1.09. The molecule has 0 aliphatic carbocycles. The zero-order valence-corrected chi connectivity index (χ0v) is 10.7. The van der Waals surface area contributed by atoms with Gasteiger partial charge in [0, 0.05) is 10.0 Å². The molecule has 0 aliphatic heterocycles. The van der Waals surface area contributed by atoms with E-state index in [9.17, 15) is 9.59 Å². The molecule has 8 heteroatoms. The molecule has 0 radical (unpaired) electrons. The summed E-state index contributed by atoms with van der Waals surface area (Å²) in [4.78, 5) is 20.8. The van der Waals surface area contributed by atoms with Crippen LogP contribution in [0.15, 0.2) is 27.8 Å². The van der Waals surface area contributed by atoms with Crippen molar-refractivity contribution in [1.29, 1.82) is 0 Å². The number of hydrogen-bond acceptors (Lipinski definition) is 4. The number of benzene rings is 1. The number of ether oxygens (including phenoxy) is 1. The summed E-state index contributed by atoms with van der Waals surface area (Å²) in [6.45, 7) is -0.467. The minimum Gasteiger partial charge on any atom is -0.481 e. The Morgan fingerprint density at radius 3 is 2.89 bits per heavy atom. The fourth-order valence-electron chi connectivity index (χ4n) is 1.06. The number of carbonyl (C=O) groups is 2. The number of nitrogens with two attached hydrogens (primary N) is 1. The van der Waals surface area contributed by atoms with Crippen LogP contribution in [0.1, 0.15) is 5.56 Å². The standard InChI is InChI=1S/C10H10BrN3O4/c11-7-1-2-8(18-5-9(15)16)6(3-7)4-13-14-10(12)17/h1-4H,5H2,(H,15,16)(H3,12,14,17)/b13-4+. The van der Waals surface area contributed by atoms with Crippen molar-refractivity contribution in [3.05, 3.63) is 28.2 Å². The molecule has 1 aromatic rings. The highest BCUT2D eigenvalue weighted by Gasteiger charge is 2.05. The molecule has 0 heterocycles. The molecule has 7 nitrogen and oxygen atoms in total. The van der Waals surface area contributed by atoms with Crippen molar-refractivity contribution >= 4 is 34.1 Å². The Morgan fingerprint density at radius 1 is 1.56 bits per heavy atom. The first-order valence-corrected chi connectivity index (χ1v) is 5.51. The number of carboxylic acid groups (broad SMARTS) is 1. The van der Waals surface area contributed by atoms with Gasteiger partial charge in [0.15, 0.2) is 6.61 Å². The minimum absolute atomic E-state index is 0.329. The molecule has 0 unspecified atom stereocenters. The van der Waals surface area contributed by atoms with Crippen LogP contribution in [-0.2, 0) is 4.79 Å². The molecule has 0 bridgehead atoms. The van der Waals surface area contributed by atoms with Gasteiger partial charge in [-0.3, -0.25) is 0 Å². The second-order valence-electron chi connectivity index (χ2n) is 3.10. The highest BCUT2D eigenvalue weighted by atomic mass is 79.9. The van der Waals surface area contributed by atoms with Crippen LogP contribution in [0.5, 0.6) is 5.75 Å². The lowest BCUT2D eigenvalue weighted by atomic mass is 10.2. The third kappa shape index (κ3) is 4.83. The maximum Gasteiger partial charge on any atom is 0.341 e. The Morgan fingerprint density at radius 2 is 2.28 bits per heavy atom. The number of carbonyl (C=O) groups excluding carboxylic acids is 1. The molecule has 0 aromatic heterocycles. The Balaban J connectivity index is 2.85. The van der Waals surface area contributed by atoms with Crippen LogP contribution in [0.2, 0.25) is 0 Å².